The van der Waals surface area contributed by atoms with Crippen LogP contribution in [0.2, 0.25) is 0 Å². The van der Waals surface area contributed by atoms with Crippen LogP contribution in [-0.2, 0) is 19.0 Å². The van der Waals surface area contributed by atoms with E-state index in [4.69, 9.17) is 14.2 Å². The molecule has 0 saturated carbocycles. The summed E-state index contributed by atoms with van der Waals surface area (Å²) in [6.45, 7) is 4.59. The van der Waals surface area contributed by atoms with Crippen molar-refractivity contribution in [3.8, 4) is 0 Å². The van der Waals surface area contributed by atoms with Gasteiger partial charge in [-0.3, -0.25) is 9.69 Å². The van der Waals surface area contributed by atoms with Crippen LogP contribution in [0, 0.1) is 0 Å². The minimum Gasteiger partial charge on any atom is -0.466 e. The minimum atomic E-state index is -0.141. The molecule has 1 rings (SSSR count). The van der Waals surface area contributed by atoms with Gasteiger partial charge in [0, 0.05) is 33.9 Å². The summed E-state index contributed by atoms with van der Waals surface area (Å²) in [5, 5.41) is 0. The first-order chi connectivity index (χ1) is 7.71. The Labute approximate surface area is 96.6 Å². The number of methoxy groups -OCH3 is 2. The maximum Gasteiger partial charge on any atom is 0.307 e. The van der Waals surface area contributed by atoms with Gasteiger partial charge < -0.3 is 14.2 Å². The predicted molar refractivity (Wildman–Crippen MR) is 59.3 cm³/mol. The molecule has 94 valence electrons. The molecule has 1 aliphatic heterocycles. The Hall–Kier alpha value is -0.650. The fraction of sp³-hybridized carbons (Fsp3) is 0.909. The molecule has 0 amide bonds. The second kappa shape index (κ2) is 6.83. The molecular weight excluding hydrogens is 210 g/mol. The van der Waals surface area contributed by atoms with Crippen molar-refractivity contribution in [3.05, 3.63) is 0 Å². The molecule has 5 heteroatoms. The van der Waals surface area contributed by atoms with Crippen molar-refractivity contribution in [2.45, 2.75) is 25.6 Å². The molecule has 0 radical (unpaired) electrons. The number of carbonyl (C=O) groups is 1. The van der Waals surface area contributed by atoms with Crippen molar-refractivity contribution in [2.24, 2.45) is 0 Å². The van der Waals surface area contributed by atoms with Crippen molar-refractivity contribution < 1.29 is 19.0 Å². The normalized spacial score (nSPS) is 25.9. The second-order valence-electron chi connectivity index (χ2n) is 3.86. The SMILES string of the molecule is CCOC(=O)CCN1CC(OC)C(OC)C1. The first kappa shape index (κ1) is 13.4. The van der Waals surface area contributed by atoms with Crippen LogP contribution in [0.3, 0.4) is 0 Å². The highest BCUT2D eigenvalue weighted by molar-refractivity contribution is 5.69. The van der Waals surface area contributed by atoms with E-state index >= 15 is 0 Å². The van der Waals surface area contributed by atoms with Gasteiger partial charge in [-0.1, -0.05) is 0 Å². The van der Waals surface area contributed by atoms with Crippen molar-refractivity contribution in [3.63, 3.8) is 0 Å². The van der Waals surface area contributed by atoms with Crippen molar-refractivity contribution in [2.75, 3.05) is 40.5 Å². The molecule has 0 aromatic carbocycles. The molecule has 1 aliphatic rings. The number of carbonyl (C=O) groups excluding carboxylic acids is 1. The summed E-state index contributed by atoms with van der Waals surface area (Å²) < 4.78 is 15.5. The van der Waals surface area contributed by atoms with Crippen LogP contribution in [0.25, 0.3) is 0 Å². The summed E-state index contributed by atoms with van der Waals surface area (Å²) in [6.07, 6.45) is 0.639. The van der Waals surface area contributed by atoms with Gasteiger partial charge in [0.1, 0.15) is 0 Å². The molecular formula is C11H21NO4. The third kappa shape index (κ3) is 3.73. The van der Waals surface area contributed by atoms with E-state index in [2.05, 4.69) is 4.90 Å². The average molecular weight is 231 g/mol. The van der Waals surface area contributed by atoms with Crippen LogP contribution in [0.1, 0.15) is 13.3 Å². The molecule has 1 fully saturated rings. The van der Waals surface area contributed by atoms with Crippen molar-refractivity contribution in [1.82, 2.24) is 4.90 Å². The summed E-state index contributed by atoms with van der Waals surface area (Å²) in [7, 11) is 3.37. The molecule has 0 N–H and O–H groups in total. The standard InChI is InChI=1S/C11H21NO4/c1-4-16-11(13)5-6-12-7-9(14-2)10(8-12)15-3/h9-10H,4-8H2,1-3H3. The van der Waals surface area contributed by atoms with Gasteiger partial charge in [0.15, 0.2) is 0 Å². The Balaban J connectivity index is 2.27. The maximum absolute atomic E-state index is 11.2. The summed E-state index contributed by atoms with van der Waals surface area (Å²) in [4.78, 5) is 13.4. The van der Waals surface area contributed by atoms with Gasteiger partial charge in [-0.05, 0) is 6.92 Å². The first-order valence-corrected chi connectivity index (χ1v) is 5.64. The summed E-state index contributed by atoms with van der Waals surface area (Å²) >= 11 is 0. The summed E-state index contributed by atoms with van der Waals surface area (Å²) in [5.41, 5.74) is 0. The third-order valence-corrected chi connectivity index (χ3v) is 2.83. The average Bonchev–Trinajstić information content (AvgIpc) is 2.69. The lowest BCUT2D eigenvalue weighted by Crippen LogP contribution is -2.27. The molecule has 0 spiro atoms. The van der Waals surface area contributed by atoms with E-state index in [1.54, 1.807) is 14.2 Å². The maximum atomic E-state index is 11.2. The van der Waals surface area contributed by atoms with E-state index in [-0.39, 0.29) is 18.2 Å². The molecule has 0 bridgehead atoms. The lowest BCUT2D eigenvalue weighted by Gasteiger charge is -2.13. The van der Waals surface area contributed by atoms with Crippen LogP contribution >= 0.6 is 0 Å². The predicted octanol–water partition coefficient (Wildman–Crippen LogP) is 0.285. The topological polar surface area (TPSA) is 48.0 Å². The highest BCUT2D eigenvalue weighted by Crippen LogP contribution is 2.15. The summed E-state index contributed by atoms with van der Waals surface area (Å²) in [6, 6.07) is 0. The van der Waals surface area contributed by atoms with E-state index in [9.17, 15) is 4.79 Å². The zero-order chi connectivity index (χ0) is 12.0. The van der Waals surface area contributed by atoms with E-state index in [0.29, 0.717) is 19.6 Å². The molecule has 16 heavy (non-hydrogen) atoms. The zero-order valence-corrected chi connectivity index (χ0v) is 10.3. The van der Waals surface area contributed by atoms with E-state index in [0.717, 1.165) is 13.1 Å². The Morgan fingerprint density at radius 3 is 2.25 bits per heavy atom. The smallest absolute Gasteiger partial charge is 0.307 e. The minimum absolute atomic E-state index is 0.104. The molecule has 0 aliphatic carbocycles. The van der Waals surface area contributed by atoms with Gasteiger partial charge in [0.05, 0.1) is 25.2 Å². The quantitative estimate of drug-likeness (QED) is 0.615. The van der Waals surface area contributed by atoms with Gasteiger partial charge >= 0.3 is 5.97 Å². The highest BCUT2D eigenvalue weighted by atomic mass is 16.5. The number of rotatable bonds is 6. The third-order valence-electron chi connectivity index (χ3n) is 2.83. The Kier molecular flexibility index (Phi) is 5.73. The van der Waals surface area contributed by atoms with Crippen molar-refractivity contribution in [1.29, 1.82) is 0 Å². The zero-order valence-electron chi connectivity index (χ0n) is 10.3. The van der Waals surface area contributed by atoms with E-state index in [1.807, 2.05) is 6.92 Å². The van der Waals surface area contributed by atoms with Gasteiger partial charge in [-0.15, -0.1) is 0 Å². The van der Waals surface area contributed by atoms with Crippen LogP contribution in [-0.4, -0.2) is 63.5 Å². The number of hydrogen-bond donors (Lipinski definition) is 0. The van der Waals surface area contributed by atoms with Gasteiger partial charge in [0.25, 0.3) is 0 Å². The lowest BCUT2D eigenvalue weighted by molar-refractivity contribution is -0.143. The van der Waals surface area contributed by atoms with Crippen LogP contribution in [0.4, 0.5) is 0 Å². The number of hydrogen-bond acceptors (Lipinski definition) is 5. The number of nitrogens with zero attached hydrogens (tertiary/aromatic N) is 1. The second-order valence-corrected chi connectivity index (χ2v) is 3.86. The Morgan fingerprint density at radius 1 is 1.25 bits per heavy atom. The van der Waals surface area contributed by atoms with E-state index < -0.39 is 0 Å². The number of esters is 1. The highest BCUT2D eigenvalue weighted by Gasteiger charge is 2.32. The fourth-order valence-electron chi connectivity index (χ4n) is 1.94. The summed E-state index contributed by atoms with van der Waals surface area (Å²) in [5.74, 6) is -0.141. The number of likely N-dealkylation sites (tertiary alicyclic amines) is 1. The monoisotopic (exact) mass is 231 g/mol. The van der Waals surface area contributed by atoms with Crippen molar-refractivity contribution >= 4 is 5.97 Å². The molecule has 1 heterocycles. The van der Waals surface area contributed by atoms with Crippen LogP contribution < -0.4 is 0 Å². The van der Waals surface area contributed by atoms with E-state index in [1.165, 1.54) is 0 Å². The Bertz CT molecular complexity index is 210. The lowest BCUT2D eigenvalue weighted by atomic mass is 10.3. The molecule has 0 aromatic heterocycles. The first-order valence-electron chi connectivity index (χ1n) is 5.64. The van der Waals surface area contributed by atoms with Crippen LogP contribution in [0.15, 0.2) is 0 Å². The molecule has 2 unspecified atom stereocenters. The largest absolute Gasteiger partial charge is 0.466 e. The van der Waals surface area contributed by atoms with Gasteiger partial charge in [-0.25, -0.2) is 0 Å². The van der Waals surface area contributed by atoms with Crippen LogP contribution in [0.5, 0.6) is 0 Å². The van der Waals surface area contributed by atoms with Gasteiger partial charge in [-0.2, -0.15) is 0 Å². The molecule has 0 aromatic rings. The van der Waals surface area contributed by atoms with Gasteiger partial charge in [0.2, 0.25) is 0 Å². The molecule has 1 saturated heterocycles. The number of ether oxygens (including phenoxy) is 3. The fourth-order valence-corrected chi connectivity index (χ4v) is 1.94. The molecule has 5 nitrogen and oxygen atoms in total. The molecule has 2 atom stereocenters. The Morgan fingerprint density at radius 2 is 1.81 bits per heavy atom.